The first-order chi connectivity index (χ1) is 9.26. The first-order valence-corrected chi connectivity index (χ1v) is 7.12. The van der Waals surface area contributed by atoms with Gasteiger partial charge in [-0.2, -0.15) is 0 Å². The first kappa shape index (κ1) is 12.1. The van der Waals surface area contributed by atoms with Crippen LogP contribution in [0, 0.1) is 0 Å². The van der Waals surface area contributed by atoms with Crippen LogP contribution in [0.15, 0.2) is 29.6 Å². The van der Waals surface area contributed by atoms with E-state index in [4.69, 9.17) is 4.74 Å². The van der Waals surface area contributed by atoms with Gasteiger partial charge in [0.05, 0.1) is 12.0 Å². The van der Waals surface area contributed by atoms with Crippen molar-refractivity contribution < 1.29 is 9.53 Å². The molecule has 0 saturated heterocycles. The molecule has 0 aliphatic rings. The van der Waals surface area contributed by atoms with Crippen molar-refractivity contribution in [3.8, 4) is 5.88 Å². The van der Waals surface area contributed by atoms with Crippen molar-refractivity contribution in [2.45, 2.75) is 0 Å². The SMILES string of the molecule is COc1ccc2nc(NC(=O)c3cccs3)sc2n1. The summed E-state index contributed by atoms with van der Waals surface area (Å²) in [5.74, 6) is 0.383. The number of thiophene rings is 1. The Labute approximate surface area is 116 Å². The third kappa shape index (κ3) is 2.42. The molecule has 19 heavy (non-hydrogen) atoms. The highest BCUT2D eigenvalue weighted by Gasteiger charge is 2.11. The van der Waals surface area contributed by atoms with Crippen molar-refractivity contribution in [3.05, 3.63) is 34.5 Å². The maximum absolute atomic E-state index is 11.9. The molecule has 3 rings (SSSR count). The predicted octanol–water partition coefficient (Wildman–Crippen LogP) is 3.01. The fourth-order valence-corrected chi connectivity index (χ4v) is 2.98. The zero-order valence-electron chi connectivity index (χ0n) is 9.91. The monoisotopic (exact) mass is 291 g/mol. The van der Waals surface area contributed by atoms with E-state index in [1.165, 1.54) is 22.7 Å². The maximum atomic E-state index is 11.9. The zero-order chi connectivity index (χ0) is 13.2. The quantitative estimate of drug-likeness (QED) is 0.805. The number of nitrogens with one attached hydrogen (secondary N) is 1. The van der Waals surface area contributed by atoms with Crippen molar-refractivity contribution in [2.24, 2.45) is 0 Å². The third-order valence-electron chi connectivity index (χ3n) is 2.40. The van der Waals surface area contributed by atoms with Gasteiger partial charge < -0.3 is 4.74 Å². The fourth-order valence-electron chi connectivity index (χ4n) is 1.53. The molecule has 0 aromatic carbocycles. The first-order valence-electron chi connectivity index (χ1n) is 5.43. The van der Waals surface area contributed by atoms with E-state index in [-0.39, 0.29) is 5.91 Å². The van der Waals surface area contributed by atoms with Crippen LogP contribution in [0.5, 0.6) is 5.88 Å². The second kappa shape index (κ2) is 4.94. The lowest BCUT2D eigenvalue weighted by molar-refractivity contribution is 0.103. The molecule has 0 spiro atoms. The number of aromatic nitrogens is 2. The van der Waals surface area contributed by atoms with E-state index >= 15 is 0 Å². The summed E-state index contributed by atoms with van der Waals surface area (Å²) in [7, 11) is 1.56. The molecule has 0 bridgehead atoms. The van der Waals surface area contributed by atoms with Gasteiger partial charge in [0.15, 0.2) is 5.13 Å². The van der Waals surface area contributed by atoms with Gasteiger partial charge in [0, 0.05) is 6.07 Å². The molecule has 3 aromatic heterocycles. The maximum Gasteiger partial charge on any atom is 0.267 e. The Kier molecular flexibility index (Phi) is 3.14. The number of amides is 1. The summed E-state index contributed by atoms with van der Waals surface area (Å²) in [5, 5.41) is 5.17. The number of thiazole rings is 1. The lowest BCUT2D eigenvalue weighted by Crippen LogP contribution is -2.09. The second-order valence-corrected chi connectivity index (χ2v) is 5.55. The van der Waals surface area contributed by atoms with E-state index in [0.29, 0.717) is 15.9 Å². The molecule has 7 heteroatoms. The molecule has 0 fully saturated rings. The average molecular weight is 291 g/mol. The van der Waals surface area contributed by atoms with Gasteiger partial charge >= 0.3 is 0 Å². The zero-order valence-corrected chi connectivity index (χ0v) is 11.5. The number of hydrogen-bond acceptors (Lipinski definition) is 6. The van der Waals surface area contributed by atoms with Gasteiger partial charge in [0.25, 0.3) is 5.91 Å². The number of nitrogens with zero attached hydrogens (tertiary/aromatic N) is 2. The fraction of sp³-hybridized carbons (Fsp3) is 0.0833. The van der Waals surface area contributed by atoms with Crippen molar-refractivity contribution >= 4 is 44.1 Å². The van der Waals surface area contributed by atoms with Crippen LogP contribution < -0.4 is 10.1 Å². The minimum Gasteiger partial charge on any atom is -0.481 e. The second-order valence-electron chi connectivity index (χ2n) is 3.63. The summed E-state index contributed by atoms with van der Waals surface area (Å²) in [6.07, 6.45) is 0. The molecular formula is C12H9N3O2S2. The summed E-state index contributed by atoms with van der Waals surface area (Å²) in [5.41, 5.74) is 0.743. The molecule has 0 radical (unpaired) electrons. The molecule has 1 N–H and O–H groups in total. The van der Waals surface area contributed by atoms with E-state index in [1.54, 1.807) is 19.2 Å². The number of hydrogen-bond donors (Lipinski definition) is 1. The Balaban J connectivity index is 1.87. The lowest BCUT2D eigenvalue weighted by atomic mass is 10.4. The Morgan fingerprint density at radius 2 is 2.21 bits per heavy atom. The van der Waals surface area contributed by atoms with E-state index < -0.39 is 0 Å². The van der Waals surface area contributed by atoms with Crippen LogP contribution >= 0.6 is 22.7 Å². The highest BCUT2D eigenvalue weighted by Crippen LogP contribution is 2.26. The molecule has 0 unspecified atom stereocenters. The van der Waals surface area contributed by atoms with Crippen LogP contribution in [0.2, 0.25) is 0 Å². The Bertz CT molecular complexity index is 722. The third-order valence-corrected chi connectivity index (χ3v) is 4.15. The highest BCUT2D eigenvalue weighted by molar-refractivity contribution is 7.22. The van der Waals surface area contributed by atoms with E-state index in [0.717, 1.165) is 10.3 Å². The van der Waals surface area contributed by atoms with Gasteiger partial charge in [-0.1, -0.05) is 17.4 Å². The van der Waals surface area contributed by atoms with Gasteiger partial charge in [-0.05, 0) is 17.5 Å². The van der Waals surface area contributed by atoms with Gasteiger partial charge in [-0.15, -0.1) is 11.3 Å². The standard InChI is InChI=1S/C12H9N3O2S2/c1-17-9-5-4-7-11(14-9)19-12(13-7)15-10(16)8-3-2-6-18-8/h2-6H,1H3,(H,13,15,16). The van der Waals surface area contributed by atoms with Crippen molar-refractivity contribution in [3.63, 3.8) is 0 Å². The van der Waals surface area contributed by atoms with Crippen LogP contribution in [-0.2, 0) is 0 Å². The summed E-state index contributed by atoms with van der Waals surface area (Å²) in [6, 6.07) is 7.17. The molecule has 5 nitrogen and oxygen atoms in total. The number of pyridine rings is 1. The Morgan fingerprint density at radius 1 is 1.32 bits per heavy atom. The van der Waals surface area contributed by atoms with Gasteiger partial charge in [-0.3, -0.25) is 10.1 Å². The van der Waals surface area contributed by atoms with Crippen LogP contribution in [-0.4, -0.2) is 23.0 Å². The van der Waals surface area contributed by atoms with Gasteiger partial charge in [0.1, 0.15) is 10.3 Å². The molecule has 0 aliphatic carbocycles. The number of methoxy groups -OCH3 is 1. The Hall–Kier alpha value is -1.99. The van der Waals surface area contributed by atoms with Crippen LogP contribution in [0.4, 0.5) is 5.13 Å². The van der Waals surface area contributed by atoms with E-state index in [9.17, 15) is 4.79 Å². The number of anilines is 1. The highest BCUT2D eigenvalue weighted by atomic mass is 32.1. The normalized spacial score (nSPS) is 10.6. The summed E-state index contributed by atoms with van der Waals surface area (Å²) >= 11 is 2.72. The van der Waals surface area contributed by atoms with Gasteiger partial charge in [0.2, 0.25) is 5.88 Å². The van der Waals surface area contributed by atoms with E-state index in [1.807, 2.05) is 17.5 Å². The number of rotatable bonds is 3. The topological polar surface area (TPSA) is 64.1 Å². The van der Waals surface area contributed by atoms with Crippen LogP contribution in [0.3, 0.4) is 0 Å². The summed E-state index contributed by atoms with van der Waals surface area (Å²) in [4.78, 5) is 21.9. The number of ether oxygens (including phenoxy) is 1. The Morgan fingerprint density at radius 3 is 2.95 bits per heavy atom. The minimum atomic E-state index is -0.152. The van der Waals surface area contributed by atoms with Crippen molar-refractivity contribution in [1.82, 2.24) is 9.97 Å². The summed E-state index contributed by atoms with van der Waals surface area (Å²) in [6.45, 7) is 0. The molecule has 3 heterocycles. The van der Waals surface area contributed by atoms with Gasteiger partial charge in [-0.25, -0.2) is 9.97 Å². The molecule has 0 atom stereocenters. The predicted molar refractivity (Wildman–Crippen MR) is 76.2 cm³/mol. The number of carbonyl (C=O) groups excluding carboxylic acids is 1. The molecule has 3 aromatic rings. The van der Waals surface area contributed by atoms with Crippen LogP contribution in [0.25, 0.3) is 10.3 Å². The van der Waals surface area contributed by atoms with E-state index in [2.05, 4.69) is 15.3 Å². The minimum absolute atomic E-state index is 0.152. The lowest BCUT2D eigenvalue weighted by Gasteiger charge is -1.96. The molecule has 0 aliphatic heterocycles. The number of fused-ring (bicyclic) bond motifs is 1. The van der Waals surface area contributed by atoms with Crippen molar-refractivity contribution in [2.75, 3.05) is 12.4 Å². The molecular weight excluding hydrogens is 282 g/mol. The number of carbonyl (C=O) groups is 1. The average Bonchev–Trinajstić information content (AvgIpc) is 3.06. The molecule has 1 amide bonds. The molecule has 0 saturated carbocycles. The van der Waals surface area contributed by atoms with Crippen LogP contribution in [0.1, 0.15) is 9.67 Å². The smallest absolute Gasteiger partial charge is 0.267 e. The molecule has 96 valence electrons. The summed E-state index contributed by atoms with van der Waals surface area (Å²) < 4.78 is 5.05. The van der Waals surface area contributed by atoms with Crippen molar-refractivity contribution in [1.29, 1.82) is 0 Å². The largest absolute Gasteiger partial charge is 0.481 e.